The predicted octanol–water partition coefficient (Wildman–Crippen LogP) is 2.73. The second kappa shape index (κ2) is 8.11. The van der Waals surface area contributed by atoms with Crippen LogP contribution in [-0.2, 0) is 4.79 Å². The van der Waals surface area contributed by atoms with Gasteiger partial charge in [-0.25, -0.2) is 0 Å². The number of hydrogen-bond acceptors (Lipinski definition) is 2. The molecule has 2 rings (SSSR count). The molecule has 0 unspecified atom stereocenters. The summed E-state index contributed by atoms with van der Waals surface area (Å²) in [5.74, 6) is 1.74. The first-order chi connectivity index (χ1) is 9.29. The highest BCUT2D eigenvalue weighted by Gasteiger charge is 2.22. The minimum atomic E-state index is 0.389. The maximum absolute atomic E-state index is 12.4. The largest absolute Gasteiger partial charge is 0.341 e. The lowest BCUT2D eigenvalue weighted by molar-refractivity contribution is -0.132. The van der Waals surface area contributed by atoms with Crippen molar-refractivity contribution in [2.24, 2.45) is 5.92 Å². The number of amides is 1. The fraction of sp³-hybridized carbons (Fsp3) is 0.933. The highest BCUT2D eigenvalue weighted by molar-refractivity contribution is 6.18. The molecule has 110 valence electrons. The molecule has 0 aromatic carbocycles. The van der Waals surface area contributed by atoms with Crippen molar-refractivity contribution in [1.82, 2.24) is 9.80 Å². The Hall–Kier alpha value is -0.280. The normalized spacial score (nSPS) is 23.3. The van der Waals surface area contributed by atoms with Gasteiger partial charge >= 0.3 is 0 Å². The Balaban J connectivity index is 1.75. The van der Waals surface area contributed by atoms with Crippen LogP contribution in [0.3, 0.4) is 0 Å². The van der Waals surface area contributed by atoms with Gasteiger partial charge in [0.15, 0.2) is 0 Å². The second-order valence-electron chi connectivity index (χ2n) is 5.97. The molecule has 0 aromatic heterocycles. The summed E-state index contributed by atoms with van der Waals surface area (Å²) in [6.07, 6.45) is 8.41. The van der Waals surface area contributed by atoms with Crippen LogP contribution in [0.15, 0.2) is 0 Å². The van der Waals surface area contributed by atoms with Gasteiger partial charge in [0, 0.05) is 38.5 Å². The molecule has 2 fully saturated rings. The molecule has 2 aliphatic rings. The Morgan fingerprint density at radius 1 is 1.00 bits per heavy atom. The fourth-order valence-electron chi connectivity index (χ4n) is 3.33. The van der Waals surface area contributed by atoms with Gasteiger partial charge in [-0.2, -0.15) is 0 Å². The van der Waals surface area contributed by atoms with Gasteiger partial charge in [-0.1, -0.05) is 19.3 Å². The van der Waals surface area contributed by atoms with Gasteiger partial charge in [0.2, 0.25) is 5.91 Å². The molecule has 3 nitrogen and oxygen atoms in total. The molecule has 1 saturated heterocycles. The third kappa shape index (κ3) is 4.96. The van der Waals surface area contributed by atoms with Crippen molar-refractivity contribution in [3.63, 3.8) is 0 Å². The molecule has 19 heavy (non-hydrogen) atoms. The van der Waals surface area contributed by atoms with E-state index in [1.165, 1.54) is 32.1 Å². The van der Waals surface area contributed by atoms with Crippen molar-refractivity contribution < 1.29 is 4.79 Å². The van der Waals surface area contributed by atoms with E-state index in [2.05, 4.69) is 9.80 Å². The number of halogens is 1. The minimum absolute atomic E-state index is 0.389. The fourth-order valence-corrected chi connectivity index (χ4v) is 3.57. The van der Waals surface area contributed by atoms with Crippen LogP contribution in [0.1, 0.15) is 44.9 Å². The Kier molecular flexibility index (Phi) is 6.45. The van der Waals surface area contributed by atoms with Crippen molar-refractivity contribution in [3.05, 3.63) is 0 Å². The summed E-state index contributed by atoms with van der Waals surface area (Å²) in [4.78, 5) is 16.8. The van der Waals surface area contributed by atoms with Gasteiger partial charge in [0.25, 0.3) is 0 Å². The Labute approximate surface area is 122 Å². The summed E-state index contributed by atoms with van der Waals surface area (Å²) in [7, 11) is 0. The van der Waals surface area contributed by atoms with Crippen LogP contribution in [0.5, 0.6) is 0 Å². The maximum Gasteiger partial charge on any atom is 0.222 e. The Bertz CT molecular complexity index is 279. The molecule has 1 amide bonds. The number of hydrogen-bond donors (Lipinski definition) is 0. The third-order valence-corrected chi connectivity index (χ3v) is 4.70. The van der Waals surface area contributed by atoms with E-state index in [1.807, 2.05) is 0 Å². The molecule has 0 N–H and O–H groups in total. The first kappa shape index (κ1) is 15.1. The molecular formula is C15H27ClN2O. The van der Waals surface area contributed by atoms with Crippen LogP contribution in [0.2, 0.25) is 0 Å². The van der Waals surface area contributed by atoms with Crippen LogP contribution in [-0.4, -0.2) is 54.3 Å². The van der Waals surface area contributed by atoms with Gasteiger partial charge in [0.05, 0.1) is 0 Å². The van der Waals surface area contributed by atoms with Crippen LogP contribution < -0.4 is 0 Å². The van der Waals surface area contributed by atoms with Crippen molar-refractivity contribution in [2.45, 2.75) is 44.9 Å². The second-order valence-corrected chi connectivity index (χ2v) is 6.35. The zero-order chi connectivity index (χ0) is 13.5. The van der Waals surface area contributed by atoms with Crippen molar-refractivity contribution >= 4 is 17.5 Å². The lowest BCUT2D eigenvalue weighted by Gasteiger charge is -2.26. The molecule has 1 saturated carbocycles. The van der Waals surface area contributed by atoms with Crippen molar-refractivity contribution in [2.75, 3.05) is 38.6 Å². The van der Waals surface area contributed by atoms with Gasteiger partial charge in [-0.3, -0.25) is 4.79 Å². The molecule has 0 atom stereocenters. The SMILES string of the molecule is O=C(CC1CCCCC1)N1CCCN(CCCl)CC1. The number of carbonyl (C=O) groups excluding carboxylic acids is 1. The van der Waals surface area contributed by atoms with Gasteiger partial charge in [-0.15, -0.1) is 11.6 Å². The molecule has 0 bridgehead atoms. The summed E-state index contributed by atoms with van der Waals surface area (Å²) in [5.41, 5.74) is 0. The van der Waals surface area contributed by atoms with E-state index in [9.17, 15) is 4.79 Å². The molecule has 4 heteroatoms. The van der Waals surface area contributed by atoms with Crippen LogP contribution >= 0.6 is 11.6 Å². The zero-order valence-electron chi connectivity index (χ0n) is 12.0. The minimum Gasteiger partial charge on any atom is -0.341 e. The highest BCUT2D eigenvalue weighted by Crippen LogP contribution is 2.27. The zero-order valence-corrected chi connectivity index (χ0v) is 12.7. The number of alkyl halides is 1. The van der Waals surface area contributed by atoms with E-state index in [0.717, 1.165) is 45.6 Å². The molecule has 1 aliphatic heterocycles. The number of rotatable bonds is 4. The maximum atomic E-state index is 12.4. The average Bonchev–Trinajstić information content (AvgIpc) is 2.66. The van der Waals surface area contributed by atoms with E-state index in [-0.39, 0.29) is 0 Å². The predicted molar refractivity (Wildman–Crippen MR) is 79.5 cm³/mol. The van der Waals surface area contributed by atoms with Gasteiger partial charge in [0.1, 0.15) is 0 Å². The van der Waals surface area contributed by atoms with E-state index in [4.69, 9.17) is 11.6 Å². The summed E-state index contributed by atoms with van der Waals surface area (Å²) in [5, 5.41) is 0. The number of carbonyl (C=O) groups is 1. The molecular weight excluding hydrogens is 260 g/mol. The topological polar surface area (TPSA) is 23.6 Å². The summed E-state index contributed by atoms with van der Waals surface area (Å²) in [6.45, 7) is 4.85. The molecule has 0 spiro atoms. The van der Waals surface area contributed by atoms with E-state index in [1.54, 1.807) is 0 Å². The van der Waals surface area contributed by atoms with Crippen molar-refractivity contribution in [3.8, 4) is 0 Å². The monoisotopic (exact) mass is 286 g/mol. The molecule has 1 heterocycles. The summed E-state index contributed by atoms with van der Waals surface area (Å²) >= 11 is 5.79. The highest BCUT2D eigenvalue weighted by atomic mass is 35.5. The molecule has 0 aromatic rings. The Morgan fingerprint density at radius 2 is 1.79 bits per heavy atom. The van der Waals surface area contributed by atoms with Crippen LogP contribution in [0, 0.1) is 5.92 Å². The lowest BCUT2D eigenvalue weighted by Crippen LogP contribution is -2.36. The van der Waals surface area contributed by atoms with E-state index >= 15 is 0 Å². The van der Waals surface area contributed by atoms with Crippen LogP contribution in [0.25, 0.3) is 0 Å². The van der Waals surface area contributed by atoms with Gasteiger partial charge < -0.3 is 9.80 Å². The average molecular weight is 287 g/mol. The van der Waals surface area contributed by atoms with E-state index in [0.29, 0.717) is 17.7 Å². The van der Waals surface area contributed by atoms with Crippen LogP contribution in [0.4, 0.5) is 0 Å². The Morgan fingerprint density at radius 3 is 2.53 bits per heavy atom. The first-order valence-corrected chi connectivity index (χ1v) is 8.39. The lowest BCUT2D eigenvalue weighted by atomic mass is 9.86. The first-order valence-electron chi connectivity index (χ1n) is 7.85. The quantitative estimate of drug-likeness (QED) is 0.742. The summed E-state index contributed by atoms with van der Waals surface area (Å²) in [6, 6.07) is 0. The molecule has 0 radical (unpaired) electrons. The molecule has 1 aliphatic carbocycles. The van der Waals surface area contributed by atoms with Crippen molar-refractivity contribution in [1.29, 1.82) is 0 Å². The standard InChI is InChI=1S/C15H27ClN2O/c16-7-10-17-8-4-9-18(12-11-17)15(19)13-14-5-2-1-3-6-14/h14H,1-13H2. The third-order valence-electron chi connectivity index (χ3n) is 4.53. The van der Waals surface area contributed by atoms with Gasteiger partial charge in [-0.05, 0) is 31.7 Å². The number of nitrogens with zero attached hydrogens (tertiary/aromatic N) is 2. The summed E-state index contributed by atoms with van der Waals surface area (Å²) < 4.78 is 0. The van der Waals surface area contributed by atoms with E-state index < -0.39 is 0 Å². The smallest absolute Gasteiger partial charge is 0.222 e.